The number of piperidine rings is 1. The second-order valence-corrected chi connectivity index (χ2v) is 9.65. The van der Waals surface area contributed by atoms with Crippen molar-refractivity contribution < 1.29 is 18.7 Å². The summed E-state index contributed by atoms with van der Waals surface area (Å²) in [6.45, 7) is 7.70. The van der Waals surface area contributed by atoms with E-state index in [-0.39, 0.29) is 30.2 Å². The summed E-state index contributed by atoms with van der Waals surface area (Å²) < 4.78 is 28.4. The molecule has 1 aromatic heterocycles. The van der Waals surface area contributed by atoms with Crippen molar-refractivity contribution in [2.24, 2.45) is 17.8 Å². The fourth-order valence-electron chi connectivity index (χ4n) is 5.67. The van der Waals surface area contributed by atoms with Crippen LogP contribution in [0.25, 0.3) is 0 Å². The number of halogens is 3. The summed E-state index contributed by atoms with van der Waals surface area (Å²) in [4.78, 5) is 17.5. The van der Waals surface area contributed by atoms with E-state index >= 15 is 0 Å². The molecular weight excluding hydrogens is 462 g/mol. The van der Waals surface area contributed by atoms with Crippen molar-refractivity contribution in [2.75, 3.05) is 31.1 Å². The lowest BCUT2D eigenvalue weighted by molar-refractivity contribution is -0.151. The number of aliphatic hydroxyl groups is 1. The van der Waals surface area contributed by atoms with E-state index in [9.17, 15) is 18.7 Å². The van der Waals surface area contributed by atoms with Crippen LogP contribution in [0.15, 0.2) is 36.5 Å². The van der Waals surface area contributed by atoms with Gasteiger partial charge in [-0.1, -0.05) is 33.3 Å². The average Bonchev–Trinajstić information content (AvgIpc) is 3.23. The van der Waals surface area contributed by atoms with Gasteiger partial charge in [0.25, 0.3) is 0 Å². The summed E-state index contributed by atoms with van der Waals surface area (Å²) in [7, 11) is 0. The molecule has 2 aliphatic heterocycles. The van der Waals surface area contributed by atoms with Crippen LogP contribution in [0.3, 0.4) is 0 Å². The topological polar surface area (TPSA) is 69.6 Å². The highest BCUT2D eigenvalue weighted by Crippen LogP contribution is 2.40. The number of benzene rings is 1. The summed E-state index contributed by atoms with van der Waals surface area (Å²) in [6.07, 6.45) is 3.15. The number of rotatable bonds is 5. The van der Waals surface area contributed by atoms with Gasteiger partial charge in [-0.25, -0.2) is 8.78 Å². The first kappa shape index (κ1) is 26.3. The Hall–Kier alpha value is -2.32. The van der Waals surface area contributed by atoms with E-state index in [1.54, 1.807) is 12.3 Å². The number of amides is 1. The van der Waals surface area contributed by atoms with Gasteiger partial charge in [-0.2, -0.15) is 5.10 Å². The SMILES string of the molecule is CCCC1(O)[C@H](C)CN(C(=O)[C@H]2CN(c3cccnn3)C[C@@H]2c2ccc(F)cc2F)C[C@@H]1C.Cl. The molecule has 0 bridgehead atoms. The summed E-state index contributed by atoms with van der Waals surface area (Å²) in [5, 5.41) is 19.3. The van der Waals surface area contributed by atoms with E-state index < -0.39 is 29.1 Å². The van der Waals surface area contributed by atoms with Gasteiger partial charge in [0.05, 0.1) is 11.5 Å². The minimum atomic E-state index is -0.796. The molecule has 1 aromatic carbocycles. The molecule has 2 saturated heterocycles. The van der Waals surface area contributed by atoms with Gasteiger partial charge in [0.2, 0.25) is 5.91 Å². The Labute approximate surface area is 205 Å². The number of carbonyl (C=O) groups is 1. The second-order valence-electron chi connectivity index (χ2n) is 9.65. The Morgan fingerprint density at radius 3 is 2.44 bits per heavy atom. The number of hydrogen-bond acceptors (Lipinski definition) is 5. The predicted octanol–water partition coefficient (Wildman–Crippen LogP) is 4.04. The first-order chi connectivity index (χ1) is 15.7. The smallest absolute Gasteiger partial charge is 0.228 e. The van der Waals surface area contributed by atoms with Crippen molar-refractivity contribution in [2.45, 2.75) is 45.1 Å². The molecule has 3 heterocycles. The second kappa shape index (κ2) is 10.5. The Balaban J connectivity index is 0.00000324. The van der Waals surface area contributed by atoms with Crippen LogP contribution in [0.2, 0.25) is 0 Å². The van der Waals surface area contributed by atoms with Gasteiger partial charge in [-0.05, 0) is 30.2 Å². The molecule has 186 valence electrons. The van der Waals surface area contributed by atoms with Crippen LogP contribution in [0.1, 0.15) is 45.1 Å². The van der Waals surface area contributed by atoms with E-state index in [1.165, 1.54) is 12.1 Å². The quantitative estimate of drug-likeness (QED) is 0.679. The van der Waals surface area contributed by atoms with Gasteiger partial charge < -0.3 is 14.9 Å². The molecule has 0 spiro atoms. The van der Waals surface area contributed by atoms with E-state index in [4.69, 9.17) is 0 Å². The molecule has 9 heteroatoms. The zero-order chi connectivity index (χ0) is 23.8. The van der Waals surface area contributed by atoms with Crippen LogP contribution in [0.4, 0.5) is 14.6 Å². The maximum absolute atomic E-state index is 14.8. The molecule has 2 aliphatic rings. The summed E-state index contributed by atoms with van der Waals surface area (Å²) >= 11 is 0. The molecule has 1 unspecified atom stereocenters. The van der Waals surface area contributed by atoms with Crippen molar-refractivity contribution >= 4 is 24.1 Å². The Morgan fingerprint density at radius 1 is 1.15 bits per heavy atom. The Morgan fingerprint density at radius 2 is 1.85 bits per heavy atom. The van der Waals surface area contributed by atoms with Crippen LogP contribution in [0.5, 0.6) is 0 Å². The number of anilines is 1. The van der Waals surface area contributed by atoms with Crippen LogP contribution in [-0.2, 0) is 4.79 Å². The van der Waals surface area contributed by atoms with Crippen molar-refractivity contribution in [3.05, 3.63) is 53.7 Å². The van der Waals surface area contributed by atoms with Crippen molar-refractivity contribution in [3.8, 4) is 0 Å². The molecular formula is C25H33ClF2N4O2. The highest BCUT2D eigenvalue weighted by Gasteiger charge is 2.48. The third kappa shape index (κ3) is 4.89. The van der Waals surface area contributed by atoms with Crippen LogP contribution < -0.4 is 4.90 Å². The number of carbonyl (C=O) groups excluding carboxylic acids is 1. The van der Waals surface area contributed by atoms with E-state index in [2.05, 4.69) is 17.1 Å². The number of nitrogens with zero attached hydrogens (tertiary/aromatic N) is 4. The lowest BCUT2D eigenvalue weighted by atomic mass is 9.72. The minimum absolute atomic E-state index is 0. The maximum Gasteiger partial charge on any atom is 0.228 e. The van der Waals surface area contributed by atoms with Gasteiger partial charge in [0.15, 0.2) is 5.82 Å². The van der Waals surface area contributed by atoms with Crippen molar-refractivity contribution in [1.82, 2.24) is 15.1 Å². The lowest BCUT2D eigenvalue weighted by Crippen LogP contribution is -2.58. The molecule has 0 radical (unpaired) electrons. The monoisotopic (exact) mass is 494 g/mol. The molecule has 1 amide bonds. The maximum atomic E-state index is 14.8. The van der Waals surface area contributed by atoms with Gasteiger partial charge in [0, 0.05) is 56.2 Å². The normalized spacial score (nSPS) is 29.1. The zero-order valence-corrected chi connectivity index (χ0v) is 20.6. The van der Waals surface area contributed by atoms with Crippen LogP contribution >= 0.6 is 12.4 Å². The fourth-order valence-corrected chi connectivity index (χ4v) is 5.67. The zero-order valence-electron chi connectivity index (χ0n) is 19.8. The molecule has 34 heavy (non-hydrogen) atoms. The first-order valence-electron chi connectivity index (χ1n) is 11.7. The molecule has 5 atom stereocenters. The Bertz CT molecular complexity index is 984. The van der Waals surface area contributed by atoms with Crippen LogP contribution in [-0.4, -0.2) is 57.9 Å². The van der Waals surface area contributed by atoms with Gasteiger partial charge in [0.1, 0.15) is 11.6 Å². The molecule has 4 rings (SSSR count). The molecule has 0 aliphatic carbocycles. The van der Waals surface area contributed by atoms with Gasteiger partial charge in [-0.3, -0.25) is 4.79 Å². The number of likely N-dealkylation sites (tertiary alicyclic amines) is 1. The van der Waals surface area contributed by atoms with E-state index in [0.717, 1.165) is 12.5 Å². The van der Waals surface area contributed by atoms with Crippen molar-refractivity contribution in [3.63, 3.8) is 0 Å². The average molecular weight is 495 g/mol. The summed E-state index contributed by atoms with van der Waals surface area (Å²) in [5.74, 6) is -1.81. The molecule has 2 fully saturated rings. The third-order valence-corrected chi connectivity index (χ3v) is 7.54. The predicted molar refractivity (Wildman–Crippen MR) is 129 cm³/mol. The third-order valence-electron chi connectivity index (χ3n) is 7.54. The van der Waals surface area contributed by atoms with Gasteiger partial charge in [-0.15, -0.1) is 17.5 Å². The highest BCUT2D eigenvalue weighted by atomic mass is 35.5. The summed E-state index contributed by atoms with van der Waals surface area (Å²) in [6, 6.07) is 7.14. The number of hydrogen-bond donors (Lipinski definition) is 1. The lowest BCUT2D eigenvalue weighted by Gasteiger charge is -2.48. The van der Waals surface area contributed by atoms with E-state index in [1.807, 2.05) is 29.7 Å². The molecule has 1 N–H and O–H groups in total. The fraction of sp³-hybridized carbons (Fsp3) is 0.560. The van der Waals surface area contributed by atoms with Crippen LogP contribution in [0, 0.1) is 29.4 Å². The minimum Gasteiger partial charge on any atom is -0.389 e. The first-order valence-corrected chi connectivity index (χ1v) is 11.7. The molecule has 2 aromatic rings. The number of aromatic nitrogens is 2. The van der Waals surface area contributed by atoms with E-state index in [0.29, 0.717) is 44.0 Å². The van der Waals surface area contributed by atoms with Gasteiger partial charge >= 0.3 is 0 Å². The largest absolute Gasteiger partial charge is 0.389 e. The standard InChI is InChI=1S/C25H32F2N4O2.ClH/c1-4-9-25(33)16(2)12-31(13-17(25)3)24(32)21-15-30(23-6-5-10-28-29-23)14-20(21)19-8-7-18(26)11-22(19)27;/h5-8,10-11,16-17,20-21,33H,4,9,12-15H2,1-3H3;1H/t16-,17+,20-,21+,25?;/m1./s1. The summed E-state index contributed by atoms with van der Waals surface area (Å²) in [5.41, 5.74) is -0.461. The molecule has 0 saturated carbocycles. The highest BCUT2D eigenvalue weighted by molar-refractivity contribution is 5.85. The molecule has 6 nitrogen and oxygen atoms in total. The Kier molecular flexibility index (Phi) is 8.14. The van der Waals surface area contributed by atoms with Crippen molar-refractivity contribution in [1.29, 1.82) is 0 Å².